The second-order valence-electron chi connectivity index (χ2n) is 4.87. The van der Waals surface area contributed by atoms with Crippen molar-refractivity contribution in [3.63, 3.8) is 0 Å². The molecule has 0 spiro atoms. The molecule has 90 valence electrons. The molecule has 1 saturated heterocycles. The van der Waals surface area contributed by atoms with Gasteiger partial charge in [-0.15, -0.1) is 11.8 Å². The van der Waals surface area contributed by atoms with E-state index in [4.69, 9.17) is 10.00 Å². The zero-order chi connectivity index (χ0) is 12.3. The highest BCUT2D eigenvalue weighted by molar-refractivity contribution is 7.99. The Bertz CT molecular complexity index is 415. The Morgan fingerprint density at radius 1 is 1.35 bits per heavy atom. The average molecular weight is 247 g/mol. The van der Waals surface area contributed by atoms with Crippen molar-refractivity contribution >= 4 is 11.8 Å². The van der Waals surface area contributed by atoms with Crippen LogP contribution in [0.4, 0.5) is 0 Å². The van der Waals surface area contributed by atoms with Crippen molar-refractivity contribution < 1.29 is 4.74 Å². The van der Waals surface area contributed by atoms with E-state index in [1.807, 2.05) is 11.8 Å². The molecule has 0 saturated carbocycles. The molecule has 0 radical (unpaired) electrons. The summed E-state index contributed by atoms with van der Waals surface area (Å²) in [7, 11) is 0. The van der Waals surface area contributed by atoms with Crippen molar-refractivity contribution in [2.75, 3.05) is 13.2 Å². The Kier molecular flexibility index (Phi) is 3.76. The van der Waals surface area contributed by atoms with Crippen LogP contribution in [0.5, 0.6) is 0 Å². The maximum absolute atomic E-state index is 9.14. The van der Waals surface area contributed by atoms with E-state index in [0.29, 0.717) is 18.5 Å². The SMILES string of the molecule is CC(C)Sc1ccc(CC2(C#N)COC2)cc1. The van der Waals surface area contributed by atoms with Crippen LogP contribution in [0.1, 0.15) is 19.4 Å². The highest BCUT2D eigenvalue weighted by Crippen LogP contribution is 2.31. The number of benzene rings is 1. The van der Waals surface area contributed by atoms with E-state index in [1.165, 1.54) is 10.5 Å². The van der Waals surface area contributed by atoms with Gasteiger partial charge in [-0.1, -0.05) is 26.0 Å². The molecular formula is C14H17NOS. The van der Waals surface area contributed by atoms with Crippen molar-refractivity contribution in [2.24, 2.45) is 5.41 Å². The van der Waals surface area contributed by atoms with Gasteiger partial charge in [0.05, 0.1) is 19.3 Å². The molecule has 0 amide bonds. The van der Waals surface area contributed by atoms with E-state index in [2.05, 4.69) is 44.2 Å². The Labute approximate surface area is 107 Å². The minimum absolute atomic E-state index is 0.271. The fourth-order valence-corrected chi connectivity index (χ4v) is 2.74. The third-order valence-electron chi connectivity index (χ3n) is 2.83. The van der Waals surface area contributed by atoms with Crippen molar-refractivity contribution in [1.29, 1.82) is 5.26 Å². The van der Waals surface area contributed by atoms with E-state index in [9.17, 15) is 0 Å². The molecule has 0 aliphatic carbocycles. The summed E-state index contributed by atoms with van der Waals surface area (Å²) in [6.45, 7) is 5.53. The molecular weight excluding hydrogens is 230 g/mol. The lowest BCUT2D eigenvalue weighted by atomic mass is 9.81. The van der Waals surface area contributed by atoms with Crippen LogP contribution in [-0.4, -0.2) is 18.5 Å². The predicted molar refractivity (Wildman–Crippen MR) is 70.0 cm³/mol. The van der Waals surface area contributed by atoms with Gasteiger partial charge in [0.2, 0.25) is 0 Å². The minimum Gasteiger partial charge on any atom is -0.378 e. The summed E-state index contributed by atoms with van der Waals surface area (Å²) in [5.74, 6) is 0. The van der Waals surface area contributed by atoms with Crippen LogP contribution in [0.25, 0.3) is 0 Å². The van der Waals surface area contributed by atoms with Gasteiger partial charge in [0.15, 0.2) is 0 Å². The second kappa shape index (κ2) is 5.12. The van der Waals surface area contributed by atoms with E-state index in [-0.39, 0.29) is 5.41 Å². The lowest BCUT2D eigenvalue weighted by molar-refractivity contribution is -0.0765. The van der Waals surface area contributed by atoms with Gasteiger partial charge in [-0.25, -0.2) is 0 Å². The van der Waals surface area contributed by atoms with Crippen LogP contribution in [0.2, 0.25) is 0 Å². The number of nitrogens with zero attached hydrogens (tertiary/aromatic N) is 1. The first-order valence-corrected chi connectivity index (χ1v) is 6.76. The molecule has 1 aromatic rings. The Morgan fingerprint density at radius 3 is 2.41 bits per heavy atom. The molecule has 1 aliphatic rings. The smallest absolute Gasteiger partial charge is 0.108 e. The minimum atomic E-state index is -0.271. The van der Waals surface area contributed by atoms with Crippen molar-refractivity contribution in [3.8, 4) is 6.07 Å². The molecule has 1 aliphatic heterocycles. The summed E-state index contributed by atoms with van der Waals surface area (Å²) in [5, 5.41) is 9.74. The first-order chi connectivity index (χ1) is 8.13. The fraction of sp³-hybridized carbons (Fsp3) is 0.500. The fourth-order valence-electron chi connectivity index (χ4n) is 1.90. The monoisotopic (exact) mass is 247 g/mol. The summed E-state index contributed by atoms with van der Waals surface area (Å²) < 4.78 is 5.15. The van der Waals surface area contributed by atoms with E-state index in [0.717, 1.165) is 6.42 Å². The maximum Gasteiger partial charge on any atom is 0.108 e. The van der Waals surface area contributed by atoms with Gasteiger partial charge >= 0.3 is 0 Å². The molecule has 1 fully saturated rings. The summed E-state index contributed by atoms with van der Waals surface area (Å²) in [6.07, 6.45) is 0.802. The lowest BCUT2D eigenvalue weighted by Gasteiger charge is -2.35. The number of thioether (sulfide) groups is 1. The molecule has 2 nitrogen and oxygen atoms in total. The normalized spacial score (nSPS) is 17.5. The molecule has 1 aromatic carbocycles. The maximum atomic E-state index is 9.14. The van der Waals surface area contributed by atoms with Gasteiger partial charge in [0, 0.05) is 10.1 Å². The molecule has 2 rings (SSSR count). The highest BCUT2D eigenvalue weighted by Gasteiger charge is 2.38. The van der Waals surface area contributed by atoms with Crippen LogP contribution < -0.4 is 0 Å². The highest BCUT2D eigenvalue weighted by atomic mass is 32.2. The molecule has 17 heavy (non-hydrogen) atoms. The molecule has 0 N–H and O–H groups in total. The lowest BCUT2D eigenvalue weighted by Crippen LogP contribution is -2.43. The van der Waals surface area contributed by atoms with Gasteiger partial charge in [-0.05, 0) is 24.1 Å². The van der Waals surface area contributed by atoms with Crippen LogP contribution in [0.3, 0.4) is 0 Å². The summed E-state index contributed by atoms with van der Waals surface area (Å²) in [5.41, 5.74) is 0.954. The summed E-state index contributed by atoms with van der Waals surface area (Å²) in [4.78, 5) is 1.29. The van der Waals surface area contributed by atoms with Crippen LogP contribution in [-0.2, 0) is 11.2 Å². The third-order valence-corrected chi connectivity index (χ3v) is 3.85. The molecule has 1 heterocycles. The molecule has 0 atom stereocenters. The van der Waals surface area contributed by atoms with Gasteiger partial charge in [0.25, 0.3) is 0 Å². The van der Waals surface area contributed by atoms with Crippen LogP contribution in [0, 0.1) is 16.7 Å². The van der Waals surface area contributed by atoms with Crippen LogP contribution >= 0.6 is 11.8 Å². The van der Waals surface area contributed by atoms with Gasteiger partial charge in [0.1, 0.15) is 5.41 Å². The van der Waals surface area contributed by atoms with Gasteiger partial charge < -0.3 is 4.74 Å². The van der Waals surface area contributed by atoms with Crippen molar-refractivity contribution in [2.45, 2.75) is 30.4 Å². The molecule has 0 unspecified atom stereocenters. The third kappa shape index (κ3) is 3.02. The van der Waals surface area contributed by atoms with E-state index >= 15 is 0 Å². The van der Waals surface area contributed by atoms with Crippen LogP contribution in [0.15, 0.2) is 29.2 Å². The summed E-state index contributed by atoms with van der Waals surface area (Å²) >= 11 is 1.86. The van der Waals surface area contributed by atoms with Crippen molar-refractivity contribution in [3.05, 3.63) is 29.8 Å². The standard InChI is InChI=1S/C14H17NOS/c1-11(2)17-13-5-3-12(4-6-13)7-14(8-15)9-16-10-14/h3-6,11H,7,9-10H2,1-2H3. The Morgan fingerprint density at radius 2 is 2.00 bits per heavy atom. The molecule has 3 heteroatoms. The zero-order valence-electron chi connectivity index (χ0n) is 10.3. The number of nitriles is 1. The van der Waals surface area contributed by atoms with E-state index in [1.54, 1.807) is 0 Å². The molecule has 0 aromatic heterocycles. The van der Waals surface area contributed by atoms with Gasteiger partial charge in [-0.2, -0.15) is 5.26 Å². The number of hydrogen-bond acceptors (Lipinski definition) is 3. The quantitative estimate of drug-likeness (QED) is 0.766. The zero-order valence-corrected chi connectivity index (χ0v) is 11.1. The predicted octanol–water partition coefficient (Wildman–Crippen LogP) is 3.27. The Hall–Kier alpha value is -0.980. The molecule has 0 bridgehead atoms. The topological polar surface area (TPSA) is 33.0 Å². The average Bonchev–Trinajstić information content (AvgIpc) is 2.25. The number of hydrogen-bond donors (Lipinski definition) is 0. The number of ether oxygens (including phenoxy) is 1. The van der Waals surface area contributed by atoms with Gasteiger partial charge in [-0.3, -0.25) is 0 Å². The summed E-state index contributed by atoms with van der Waals surface area (Å²) in [6, 6.07) is 10.9. The first kappa shape index (κ1) is 12.5. The first-order valence-electron chi connectivity index (χ1n) is 5.88. The number of rotatable bonds is 4. The largest absolute Gasteiger partial charge is 0.378 e. The Balaban J connectivity index is 2.01. The van der Waals surface area contributed by atoms with E-state index < -0.39 is 0 Å². The van der Waals surface area contributed by atoms with Crippen molar-refractivity contribution in [1.82, 2.24) is 0 Å². The second-order valence-corrected chi connectivity index (χ2v) is 6.52.